The minimum atomic E-state index is -4.32. The van der Waals surface area contributed by atoms with Gasteiger partial charge < -0.3 is 5.32 Å². The summed E-state index contributed by atoms with van der Waals surface area (Å²) in [5, 5.41) is 6.90. The third-order valence-corrected chi connectivity index (χ3v) is 4.38. The maximum absolute atomic E-state index is 12.4. The lowest BCUT2D eigenvalue weighted by atomic mass is 10.0. The topological polar surface area (TPSA) is 68.0 Å². The molecule has 0 unspecified atom stereocenters. The SMILES string of the molecule is Cc1cnc2ccc(C3=CCCCc4nc(NCC(F)(F)F)ncc43)nn12. The van der Waals surface area contributed by atoms with Crippen LogP contribution in [-0.4, -0.2) is 37.3 Å². The molecule has 0 fully saturated rings. The molecule has 9 heteroatoms. The molecule has 0 atom stereocenters. The van der Waals surface area contributed by atoms with Gasteiger partial charge in [-0.05, 0) is 38.3 Å². The first kappa shape index (κ1) is 17.4. The summed E-state index contributed by atoms with van der Waals surface area (Å²) in [7, 11) is 0. The predicted molar refractivity (Wildman–Crippen MR) is 94.3 cm³/mol. The molecule has 1 aliphatic carbocycles. The summed E-state index contributed by atoms with van der Waals surface area (Å²) < 4.78 is 39.0. The number of imidazole rings is 1. The quantitative estimate of drug-likeness (QED) is 0.759. The van der Waals surface area contributed by atoms with Gasteiger partial charge >= 0.3 is 6.18 Å². The van der Waals surface area contributed by atoms with Crippen LogP contribution in [0.2, 0.25) is 0 Å². The van der Waals surface area contributed by atoms with Crippen molar-refractivity contribution in [3.63, 3.8) is 0 Å². The summed E-state index contributed by atoms with van der Waals surface area (Å²) in [6.45, 7) is 0.764. The fourth-order valence-electron chi connectivity index (χ4n) is 3.10. The van der Waals surface area contributed by atoms with Crippen molar-refractivity contribution in [1.82, 2.24) is 24.6 Å². The number of nitrogens with zero attached hydrogens (tertiary/aromatic N) is 5. The Kier molecular flexibility index (Phi) is 4.29. The number of rotatable bonds is 3. The van der Waals surface area contributed by atoms with Gasteiger partial charge in [0.2, 0.25) is 5.95 Å². The molecule has 4 rings (SSSR count). The average molecular weight is 374 g/mol. The van der Waals surface area contributed by atoms with Crippen LogP contribution in [0.3, 0.4) is 0 Å². The first-order valence-corrected chi connectivity index (χ1v) is 8.59. The molecule has 1 aliphatic rings. The maximum Gasteiger partial charge on any atom is 0.405 e. The van der Waals surface area contributed by atoms with E-state index in [1.54, 1.807) is 16.9 Å². The molecule has 27 heavy (non-hydrogen) atoms. The second kappa shape index (κ2) is 6.64. The second-order valence-corrected chi connectivity index (χ2v) is 6.42. The lowest BCUT2D eigenvalue weighted by Crippen LogP contribution is -2.22. The van der Waals surface area contributed by atoms with Crippen molar-refractivity contribution in [3.8, 4) is 0 Å². The van der Waals surface area contributed by atoms with Crippen LogP contribution in [0.1, 0.15) is 35.5 Å². The van der Waals surface area contributed by atoms with E-state index in [-0.39, 0.29) is 5.95 Å². The van der Waals surface area contributed by atoms with E-state index < -0.39 is 12.7 Å². The number of nitrogens with one attached hydrogen (secondary N) is 1. The highest BCUT2D eigenvalue weighted by Crippen LogP contribution is 2.29. The lowest BCUT2D eigenvalue weighted by Gasteiger charge is -2.13. The number of hydrogen-bond acceptors (Lipinski definition) is 5. The minimum absolute atomic E-state index is 0.0128. The molecule has 0 aliphatic heterocycles. The Morgan fingerprint density at radius 3 is 2.85 bits per heavy atom. The highest BCUT2D eigenvalue weighted by Gasteiger charge is 2.27. The Bertz CT molecular complexity index is 1020. The molecule has 3 heterocycles. The van der Waals surface area contributed by atoms with Crippen LogP contribution >= 0.6 is 0 Å². The maximum atomic E-state index is 12.4. The highest BCUT2D eigenvalue weighted by atomic mass is 19.4. The summed E-state index contributed by atoms with van der Waals surface area (Å²) in [6.07, 6.45) is 3.46. The average Bonchev–Trinajstić information content (AvgIpc) is 2.87. The molecule has 0 amide bonds. The number of halogens is 3. The Balaban J connectivity index is 1.70. The van der Waals surface area contributed by atoms with E-state index in [2.05, 4.69) is 31.4 Å². The van der Waals surface area contributed by atoms with Crippen molar-refractivity contribution in [3.05, 3.63) is 53.2 Å². The van der Waals surface area contributed by atoms with Crippen LogP contribution in [0, 0.1) is 6.92 Å². The zero-order chi connectivity index (χ0) is 19.0. The van der Waals surface area contributed by atoms with Crippen LogP contribution in [0.15, 0.2) is 30.6 Å². The molecule has 3 aromatic rings. The molecular formula is C18H17F3N6. The molecule has 0 spiro atoms. The van der Waals surface area contributed by atoms with Crippen molar-refractivity contribution in [2.45, 2.75) is 32.4 Å². The lowest BCUT2D eigenvalue weighted by molar-refractivity contribution is -0.115. The number of anilines is 1. The van der Waals surface area contributed by atoms with Crippen LogP contribution in [-0.2, 0) is 6.42 Å². The normalized spacial score (nSPS) is 14.6. The van der Waals surface area contributed by atoms with E-state index in [0.717, 1.165) is 46.7 Å². The van der Waals surface area contributed by atoms with E-state index in [4.69, 9.17) is 0 Å². The van der Waals surface area contributed by atoms with Gasteiger partial charge in [-0.2, -0.15) is 18.3 Å². The Labute approximate surface area is 153 Å². The molecule has 6 nitrogen and oxygen atoms in total. The number of aryl methyl sites for hydroxylation is 2. The molecule has 1 N–H and O–H groups in total. The van der Waals surface area contributed by atoms with Crippen molar-refractivity contribution in [2.24, 2.45) is 0 Å². The Morgan fingerprint density at radius 1 is 1.19 bits per heavy atom. The van der Waals surface area contributed by atoms with Crippen molar-refractivity contribution >= 4 is 17.2 Å². The van der Waals surface area contributed by atoms with Crippen LogP contribution in [0.25, 0.3) is 11.2 Å². The van der Waals surface area contributed by atoms with Crippen LogP contribution in [0.5, 0.6) is 0 Å². The second-order valence-electron chi connectivity index (χ2n) is 6.42. The van der Waals surface area contributed by atoms with Gasteiger partial charge in [0.1, 0.15) is 6.54 Å². The zero-order valence-corrected chi connectivity index (χ0v) is 14.6. The smallest absolute Gasteiger partial charge is 0.345 e. The van der Waals surface area contributed by atoms with Crippen LogP contribution in [0.4, 0.5) is 19.1 Å². The van der Waals surface area contributed by atoms with Crippen molar-refractivity contribution in [1.29, 1.82) is 0 Å². The van der Waals surface area contributed by atoms with E-state index in [0.29, 0.717) is 6.42 Å². The fourth-order valence-corrected chi connectivity index (χ4v) is 3.10. The van der Waals surface area contributed by atoms with E-state index >= 15 is 0 Å². The van der Waals surface area contributed by atoms with Gasteiger partial charge in [0.25, 0.3) is 0 Å². The number of allylic oxidation sites excluding steroid dienone is 1. The van der Waals surface area contributed by atoms with Gasteiger partial charge in [-0.3, -0.25) is 0 Å². The van der Waals surface area contributed by atoms with E-state index in [1.165, 1.54) is 0 Å². The third kappa shape index (κ3) is 3.62. The van der Waals surface area contributed by atoms with Gasteiger partial charge in [-0.25, -0.2) is 19.5 Å². The molecule has 0 aromatic carbocycles. The van der Waals surface area contributed by atoms with Crippen molar-refractivity contribution < 1.29 is 13.2 Å². The van der Waals surface area contributed by atoms with Gasteiger partial charge in [0.15, 0.2) is 5.65 Å². The van der Waals surface area contributed by atoms with Gasteiger partial charge in [0.05, 0.1) is 23.3 Å². The standard InChI is InChI=1S/C18H17F3N6/c1-11-8-22-16-7-6-15(26-27(11)16)12-4-2-3-5-14-13(12)9-23-17(25-14)24-10-18(19,20)21/h4,6-9H,2-3,5,10H2,1H3,(H,23,24,25). The molecule has 140 valence electrons. The highest BCUT2D eigenvalue weighted by molar-refractivity contribution is 5.79. The molecule has 0 saturated carbocycles. The predicted octanol–water partition coefficient (Wildman–Crippen LogP) is 3.57. The number of aromatic nitrogens is 5. The van der Waals surface area contributed by atoms with Crippen molar-refractivity contribution in [2.75, 3.05) is 11.9 Å². The summed E-state index contributed by atoms with van der Waals surface area (Å²) >= 11 is 0. The summed E-state index contributed by atoms with van der Waals surface area (Å²) in [6, 6.07) is 3.78. The molecule has 3 aromatic heterocycles. The first-order valence-electron chi connectivity index (χ1n) is 8.59. The fraction of sp³-hybridized carbons (Fsp3) is 0.333. The first-order chi connectivity index (χ1) is 12.9. The molecule has 0 radical (unpaired) electrons. The number of alkyl halides is 3. The summed E-state index contributed by atoms with van der Waals surface area (Å²) in [5.41, 5.74) is 4.85. The molecule has 0 bridgehead atoms. The Hall–Kier alpha value is -2.97. The van der Waals surface area contributed by atoms with Gasteiger partial charge in [-0.1, -0.05) is 6.08 Å². The number of hydrogen-bond donors (Lipinski definition) is 1. The largest absolute Gasteiger partial charge is 0.405 e. The minimum Gasteiger partial charge on any atom is -0.345 e. The van der Waals surface area contributed by atoms with Gasteiger partial charge in [-0.15, -0.1) is 0 Å². The summed E-state index contributed by atoms with van der Waals surface area (Å²) in [4.78, 5) is 12.7. The van der Waals surface area contributed by atoms with Gasteiger partial charge in [0, 0.05) is 17.3 Å². The van der Waals surface area contributed by atoms with E-state index in [9.17, 15) is 13.2 Å². The number of fused-ring (bicyclic) bond motifs is 2. The Morgan fingerprint density at radius 2 is 2.04 bits per heavy atom. The third-order valence-electron chi connectivity index (χ3n) is 4.38. The monoisotopic (exact) mass is 374 g/mol. The van der Waals surface area contributed by atoms with E-state index in [1.807, 2.05) is 19.1 Å². The van der Waals surface area contributed by atoms with Crippen LogP contribution < -0.4 is 5.32 Å². The zero-order valence-electron chi connectivity index (χ0n) is 14.6. The molecule has 0 saturated heterocycles. The molecular weight excluding hydrogens is 357 g/mol. The summed E-state index contributed by atoms with van der Waals surface area (Å²) in [5.74, 6) is -0.0128.